The van der Waals surface area contributed by atoms with Gasteiger partial charge in [0.05, 0.1) is 22.4 Å². The van der Waals surface area contributed by atoms with Gasteiger partial charge in [0.15, 0.2) is 0 Å². The molecule has 0 spiro atoms. The Kier molecular flexibility index (Phi) is 7.10. The van der Waals surface area contributed by atoms with Gasteiger partial charge in [-0.05, 0) is 110 Å². The zero-order chi connectivity index (χ0) is 41.5. The maximum Gasteiger partial charge on any atom is 0.235 e. The van der Waals surface area contributed by atoms with E-state index in [-0.39, 0.29) is 10.8 Å². The number of rotatable bonds is 4. The van der Waals surface area contributed by atoms with E-state index in [4.69, 9.17) is 14.4 Å². The zero-order valence-corrected chi connectivity index (χ0v) is 35.0. The van der Waals surface area contributed by atoms with Gasteiger partial charge in [-0.1, -0.05) is 149 Å². The van der Waals surface area contributed by atoms with E-state index in [1.54, 1.807) is 0 Å². The number of fused-ring (bicyclic) bond motifs is 12. The fraction of sp³-hybridized carbons (Fsp3) is 0.103. The lowest BCUT2D eigenvalue weighted by Crippen LogP contribution is -2.15. The summed E-state index contributed by atoms with van der Waals surface area (Å²) in [5.41, 5.74) is 20.5. The van der Waals surface area contributed by atoms with Crippen LogP contribution < -0.4 is 0 Å². The average Bonchev–Trinajstić information content (AvgIpc) is 3.99. The third-order valence-electron chi connectivity index (χ3n) is 14.1. The number of benzene rings is 8. The van der Waals surface area contributed by atoms with E-state index in [0.29, 0.717) is 5.95 Å². The van der Waals surface area contributed by atoms with E-state index in [1.165, 1.54) is 44.5 Å². The molecule has 0 bridgehead atoms. The molecule has 0 N–H and O–H groups in total. The molecular weight excluding hydrogens is 755 g/mol. The fourth-order valence-corrected chi connectivity index (χ4v) is 10.8. The second-order valence-electron chi connectivity index (χ2n) is 18.2. The van der Waals surface area contributed by atoms with Crippen molar-refractivity contribution in [1.82, 2.24) is 14.5 Å². The molecule has 0 unspecified atom stereocenters. The number of nitrogens with zero attached hydrogens (tertiary/aromatic N) is 3. The lowest BCUT2D eigenvalue weighted by atomic mass is 9.81. The van der Waals surface area contributed by atoms with E-state index in [1.807, 2.05) is 12.1 Å². The summed E-state index contributed by atoms with van der Waals surface area (Å²) < 4.78 is 8.44. The summed E-state index contributed by atoms with van der Waals surface area (Å²) in [7, 11) is 0. The molecule has 0 amide bonds. The molecule has 0 aliphatic heterocycles. The zero-order valence-electron chi connectivity index (χ0n) is 35.0. The molecule has 0 atom stereocenters. The normalized spacial score (nSPS) is 14.4. The standard InChI is InChI=1S/C58H41N3O/c1-57(2)46-17-9-5-13-38(46)40-25-21-36(31-48(40)57)50-33-51(37-22-26-41-39-14-6-10-18-47(39)58(3,4)49(41)32-37)60-56(59-50)61-52-19-11-7-15-42(52)44-29-34(23-27-53(44)61)35-24-28-55-45(30-35)43-16-8-12-20-54(43)62-55/h5-33H,1-4H3. The van der Waals surface area contributed by atoms with Gasteiger partial charge in [0.25, 0.3) is 0 Å². The lowest BCUT2D eigenvalue weighted by Gasteiger charge is -2.22. The van der Waals surface area contributed by atoms with Crippen molar-refractivity contribution in [2.75, 3.05) is 0 Å². The van der Waals surface area contributed by atoms with Crippen molar-refractivity contribution < 1.29 is 4.42 Å². The van der Waals surface area contributed by atoms with Crippen LogP contribution in [0.4, 0.5) is 0 Å². The van der Waals surface area contributed by atoms with Crippen molar-refractivity contribution in [2.24, 2.45) is 0 Å². The minimum absolute atomic E-state index is 0.138. The molecule has 13 rings (SSSR count). The Morgan fingerprint density at radius 1 is 0.371 bits per heavy atom. The number of hydrogen-bond donors (Lipinski definition) is 0. The maximum atomic E-state index is 6.18. The fourth-order valence-electron chi connectivity index (χ4n) is 10.8. The smallest absolute Gasteiger partial charge is 0.235 e. The molecule has 3 aromatic heterocycles. The largest absolute Gasteiger partial charge is 0.456 e. The summed E-state index contributed by atoms with van der Waals surface area (Å²) in [6.45, 7) is 9.35. The topological polar surface area (TPSA) is 43.9 Å². The maximum absolute atomic E-state index is 6.18. The monoisotopic (exact) mass is 795 g/mol. The molecule has 11 aromatic rings. The number of aromatic nitrogens is 3. The van der Waals surface area contributed by atoms with Gasteiger partial charge in [-0.3, -0.25) is 4.57 Å². The summed E-state index contributed by atoms with van der Waals surface area (Å²) in [5.74, 6) is 0.647. The summed E-state index contributed by atoms with van der Waals surface area (Å²) in [6, 6.07) is 63.9. The van der Waals surface area contributed by atoms with Crippen molar-refractivity contribution in [3.05, 3.63) is 198 Å². The first-order valence-corrected chi connectivity index (χ1v) is 21.6. The Bertz CT molecular complexity index is 3590. The molecule has 294 valence electrons. The van der Waals surface area contributed by atoms with E-state index < -0.39 is 0 Å². The van der Waals surface area contributed by atoms with E-state index >= 15 is 0 Å². The van der Waals surface area contributed by atoms with Crippen molar-refractivity contribution >= 4 is 43.7 Å². The van der Waals surface area contributed by atoms with Gasteiger partial charge in [0.2, 0.25) is 5.95 Å². The number of hydrogen-bond acceptors (Lipinski definition) is 3. The predicted octanol–water partition coefficient (Wildman–Crippen LogP) is 15.1. The quantitative estimate of drug-likeness (QED) is 0.178. The van der Waals surface area contributed by atoms with Crippen molar-refractivity contribution in [1.29, 1.82) is 0 Å². The summed E-state index contributed by atoms with van der Waals surface area (Å²) in [5, 5.41) is 4.56. The van der Waals surface area contributed by atoms with Gasteiger partial charge in [0.1, 0.15) is 11.2 Å². The second kappa shape index (κ2) is 12.5. The first-order chi connectivity index (χ1) is 30.2. The van der Waals surface area contributed by atoms with Crippen LogP contribution in [0.15, 0.2) is 180 Å². The summed E-state index contributed by atoms with van der Waals surface area (Å²) in [4.78, 5) is 11.0. The van der Waals surface area contributed by atoms with E-state index in [2.05, 4.69) is 196 Å². The molecule has 0 saturated heterocycles. The van der Waals surface area contributed by atoms with Crippen molar-refractivity contribution in [3.63, 3.8) is 0 Å². The number of furan rings is 1. The Balaban J connectivity index is 1.02. The Morgan fingerprint density at radius 2 is 0.855 bits per heavy atom. The molecule has 4 nitrogen and oxygen atoms in total. The first-order valence-electron chi connectivity index (χ1n) is 21.6. The highest BCUT2D eigenvalue weighted by molar-refractivity contribution is 6.11. The Hall–Kier alpha value is -7.56. The molecular formula is C58H41N3O. The highest BCUT2D eigenvalue weighted by Crippen LogP contribution is 2.51. The van der Waals surface area contributed by atoms with Crippen LogP contribution in [0.5, 0.6) is 0 Å². The highest BCUT2D eigenvalue weighted by atomic mass is 16.3. The van der Waals surface area contributed by atoms with Gasteiger partial charge >= 0.3 is 0 Å². The molecule has 4 heteroatoms. The Labute approximate surface area is 359 Å². The van der Waals surface area contributed by atoms with Gasteiger partial charge in [-0.2, -0.15) is 0 Å². The molecule has 3 heterocycles. The Morgan fingerprint density at radius 3 is 1.52 bits per heavy atom. The summed E-state index contributed by atoms with van der Waals surface area (Å²) >= 11 is 0. The molecule has 62 heavy (non-hydrogen) atoms. The minimum Gasteiger partial charge on any atom is -0.456 e. The van der Waals surface area contributed by atoms with Gasteiger partial charge in [-0.25, -0.2) is 9.97 Å². The third kappa shape index (κ3) is 4.89. The average molecular weight is 796 g/mol. The SMILES string of the molecule is CC1(C)c2ccccc2-c2ccc(-c3cc(-c4ccc5c(c4)C(C)(C)c4ccccc4-5)nc(-n4c5ccccc5c5cc(-c6ccc7oc8ccccc8c7c6)ccc54)n3)cc21. The molecule has 2 aliphatic carbocycles. The van der Waals surface area contributed by atoms with Crippen molar-refractivity contribution in [2.45, 2.75) is 38.5 Å². The summed E-state index contributed by atoms with van der Waals surface area (Å²) in [6.07, 6.45) is 0. The van der Waals surface area contributed by atoms with Gasteiger partial charge in [0, 0.05) is 43.5 Å². The van der Waals surface area contributed by atoms with Gasteiger partial charge < -0.3 is 4.42 Å². The van der Waals surface area contributed by atoms with Crippen LogP contribution in [0, 0.1) is 0 Å². The van der Waals surface area contributed by atoms with E-state index in [0.717, 1.165) is 77.4 Å². The molecule has 2 aliphatic rings. The second-order valence-corrected chi connectivity index (χ2v) is 18.2. The van der Waals surface area contributed by atoms with Crippen LogP contribution >= 0.6 is 0 Å². The molecule has 0 fully saturated rings. The van der Waals surface area contributed by atoms with E-state index in [9.17, 15) is 0 Å². The highest BCUT2D eigenvalue weighted by Gasteiger charge is 2.37. The van der Waals surface area contributed by atoms with Crippen molar-refractivity contribution in [3.8, 4) is 61.8 Å². The van der Waals surface area contributed by atoms with Crippen LogP contribution in [0.2, 0.25) is 0 Å². The van der Waals surface area contributed by atoms with Gasteiger partial charge in [-0.15, -0.1) is 0 Å². The first kappa shape index (κ1) is 35.2. The van der Waals surface area contributed by atoms with Crippen LogP contribution in [0.1, 0.15) is 49.9 Å². The molecule has 0 radical (unpaired) electrons. The minimum atomic E-state index is -0.138. The predicted molar refractivity (Wildman–Crippen MR) is 255 cm³/mol. The van der Waals surface area contributed by atoms with Crippen LogP contribution in [-0.2, 0) is 10.8 Å². The lowest BCUT2D eigenvalue weighted by molar-refractivity contribution is 0.660. The third-order valence-corrected chi connectivity index (χ3v) is 14.1. The molecule has 8 aromatic carbocycles. The van der Waals surface area contributed by atoms with Crippen LogP contribution in [0.25, 0.3) is 106 Å². The number of para-hydroxylation sites is 2. The van der Waals surface area contributed by atoms with Crippen LogP contribution in [-0.4, -0.2) is 14.5 Å². The molecule has 0 saturated carbocycles. The van der Waals surface area contributed by atoms with Crippen LogP contribution in [0.3, 0.4) is 0 Å².